The summed E-state index contributed by atoms with van der Waals surface area (Å²) in [4.78, 5) is 11.5. The molecule has 0 heterocycles. The molecule has 0 saturated heterocycles. The topological polar surface area (TPSA) is 75.7 Å². The molecule has 0 atom stereocenters. The first-order valence-electron chi connectivity index (χ1n) is 5.17. The number of sulfonamides is 1. The summed E-state index contributed by atoms with van der Waals surface area (Å²) in [5, 5.41) is 2.75. The highest BCUT2D eigenvalue weighted by atomic mass is 32.2. The van der Waals surface area contributed by atoms with E-state index in [2.05, 4.69) is 5.32 Å². The van der Waals surface area contributed by atoms with Gasteiger partial charge < -0.3 is 10.1 Å². The van der Waals surface area contributed by atoms with Crippen LogP contribution >= 0.6 is 0 Å². The molecule has 94 valence electrons. The maximum Gasteiger partial charge on any atom is 0.235 e. The van der Waals surface area contributed by atoms with Crippen LogP contribution < -0.4 is 5.32 Å². The quantitative estimate of drug-likeness (QED) is 0.640. The van der Waals surface area contributed by atoms with E-state index in [1.54, 1.807) is 0 Å². The minimum Gasteiger partial charge on any atom is -0.383 e. The molecule has 1 amide bonds. The van der Waals surface area contributed by atoms with Crippen molar-refractivity contribution in [2.24, 2.45) is 0 Å². The van der Waals surface area contributed by atoms with E-state index in [-0.39, 0.29) is 31.6 Å². The Morgan fingerprint density at radius 3 is 2.56 bits per heavy atom. The van der Waals surface area contributed by atoms with Crippen LogP contribution in [0.15, 0.2) is 0 Å². The summed E-state index contributed by atoms with van der Waals surface area (Å²) in [7, 11) is -1.86. The Balaban J connectivity index is 2.44. The van der Waals surface area contributed by atoms with Gasteiger partial charge in [-0.1, -0.05) is 0 Å². The Labute approximate surface area is 96.0 Å². The molecule has 1 fully saturated rings. The van der Waals surface area contributed by atoms with Gasteiger partial charge in [-0.15, -0.1) is 0 Å². The van der Waals surface area contributed by atoms with E-state index in [9.17, 15) is 13.2 Å². The van der Waals surface area contributed by atoms with Crippen molar-refractivity contribution >= 4 is 15.9 Å². The lowest BCUT2D eigenvalue weighted by atomic mass is 10.5. The summed E-state index contributed by atoms with van der Waals surface area (Å²) in [5.74, 6) is -0.246. The van der Waals surface area contributed by atoms with Crippen molar-refractivity contribution in [2.45, 2.75) is 18.9 Å². The zero-order chi connectivity index (χ0) is 12.2. The molecule has 0 radical (unpaired) electrons. The molecule has 0 bridgehead atoms. The molecule has 0 aromatic carbocycles. The van der Waals surface area contributed by atoms with E-state index in [0.717, 1.165) is 23.4 Å². The smallest absolute Gasteiger partial charge is 0.235 e. The molecule has 1 saturated carbocycles. The second-order valence-corrected chi connectivity index (χ2v) is 5.91. The van der Waals surface area contributed by atoms with Crippen molar-refractivity contribution in [1.29, 1.82) is 0 Å². The number of carbonyl (C=O) groups excluding carboxylic acids is 1. The lowest BCUT2D eigenvalue weighted by molar-refractivity contribution is -0.121. The first kappa shape index (κ1) is 13.4. The van der Waals surface area contributed by atoms with E-state index >= 15 is 0 Å². The third-order valence-electron chi connectivity index (χ3n) is 2.28. The van der Waals surface area contributed by atoms with Crippen LogP contribution in [0.4, 0.5) is 0 Å². The molecular weight excluding hydrogens is 232 g/mol. The van der Waals surface area contributed by atoms with Gasteiger partial charge in [-0.3, -0.25) is 4.79 Å². The number of carbonyl (C=O) groups is 1. The molecule has 0 aliphatic heterocycles. The van der Waals surface area contributed by atoms with Gasteiger partial charge in [0.25, 0.3) is 0 Å². The van der Waals surface area contributed by atoms with Gasteiger partial charge in [0.2, 0.25) is 15.9 Å². The van der Waals surface area contributed by atoms with E-state index < -0.39 is 10.0 Å². The number of hydrogen-bond acceptors (Lipinski definition) is 4. The zero-order valence-electron chi connectivity index (χ0n) is 9.60. The molecular formula is C9H18N2O4S. The highest BCUT2D eigenvalue weighted by Crippen LogP contribution is 2.18. The number of amides is 1. The number of methoxy groups -OCH3 is 1. The van der Waals surface area contributed by atoms with Crippen LogP contribution in [0, 0.1) is 0 Å². The molecule has 1 rings (SSSR count). The Morgan fingerprint density at radius 2 is 2.12 bits per heavy atom. The fourth-order valence-corrected chi connectivity index (χ4v) is 1.97. The monoisotopic (exact) mass is 250 g/mol. The molecule has 0 spiro atoms. The molecule has 1 aliphatic rings. The van der Waals surface area contributed by atoms with Crippen LogP contribution in [0.25, 0.3) is 0 Å². The minimum absolute atomic E-state index is 0.126. The fraction of sp³-hybridized carbons (Fsp3) is 0.889. The summed E-state index contributed by atoms with van der Waals surface area (Å²) >= 11 is 0. The summed E-state index contributed by atoms with van der Waals surface area (Å²) < 4.78 is 28.7. The second kappa shape index (κ2) is 5.60. The Kier molecular flexibility index (Phi) is 4.69. The lowest BCUT2D eigenvalue weighted by Crippen LogP contribution is -2.42. The van der Waals surface area contributed by atoms with E-state index in [0.29, 0.717) is 0 Å². The zero-order valence-corrected chi connectivity index (χ0v) is 10.4. The second-order valence-electron chi connectivity index (χ2n) is 3.93. The minimum atomic E-state index is -3.36. The Bertz CT molecular complexity index is 337. The average Bonchev–Trinajstić information content (AvgIpc) is 2.94. The molecule has 7 heteroatoms. The van der Waals surface area contributed by atoms with Crippen LogP contribution in [0.2, 0.25) is 0 Å². The van der Waals surface area contributed by atoms with Crippen LogP contribution in [0.1, 0.15) is 12.8 Å². The standard InChI is InChI=1S/C9H18N2O4S/c1-15-6-5-11(16(2,13)14)7-9(12)10-8-3-4-8/h8H,3-7H2,1-2H3,(H,10,12). The van der Waals surface area contributed by atoms with Crippen molar-refractivity contribution in [3.05, 3.63) is 0 Å². The number of nitrogens with zero attached hydrogens (tertiary/aromatic N) is 1. The third-order valence-corrected chi connectivity index (χ3v) is 3.53. The van der Waals surface area contributed by atoms with Crippen molar-refractivity contribution in [1.82, 2.24) is 9.62 Å². The highest BCUT2D eigenvalue weighted by molar-refractivity contribution is 7.88. The molecule has 0 unspecified atom stereocenters. The van der Waals surface area contributed by atoms with Gasteiger partial charge in [-0.2, -0.15) is 4.31 Å². The summed E-state index contributed by atoms with van der Waals surface area (Å²) in [5.41, 5.74) is 0. The highest BCUT2D eigenvalue weighted by Gasteiger charge is 2.26. The van der Waals surface area contributed by atoms with Crippen molar-refractivity contribution in [3.63, 3.8) is 0 Å². The molecule has 0 aromatic heterocycles. The van der Waals surface area contributed by atoms with Gasteiger partial charge >= 0.3 is 0 Å². The molecule has 0 aromatic rings. The SMILES string of the molecule is COCCN(CC(=O)NC1CC1)S(C)(=O)=O. The maximum atomic E-state index is 11.5. The van der Waals surface area contributed by atoms with Crippen LogP contribution in [-0.4, -0.2) is 57.7 Å². The van der Waals surface area contributed by atoms with Gasteiger partial charge in [0.1, 0.15) is 0 Å². The molecule has 1 N–H and O–H groups in total. The third kappa shape index (κ3) is 4.91. The predicted octanol–water partition coefficient (Wildman–Crippen LogP) is -0.827. The molecule has 6 nitrogen and oxygen atoms in total. The summed E-state index contributed by atoms with van der Waals surface area (Å²) in [6, 6.07) is 0.247. The van der Waals surface area contributed by atoms with Gasteiger partial charge in [0.05, 0.1) is 19.4 Å². The van der Waals surface area contributed by atoms with Gasteiger partial charge in [-0.05, 0) is 12.8 Å². The summed E-state index contributed by atoms with van der Waals surface area (Å²) in [6.07, 6.45) is 3.07. The fourth-order valence-electron chi connectivity index (χ4n) is 1.22. The van der Waals surface area contributed by atoms with E-state index in [1.165, 1.54) is 7.11 Å². The number of ether oxygens (including phenoxy) is 1. The predicted molar refractivity (Wildman–Crippen MR) is 59.5 cm³/mol. The first-order chi connectivity index (χ1) is 7.43. The Hall–Kier alpha value is -0.660. The molecule has 1 aliphatic carbocycles. The Morgan fingerprint density at radius 1 is 1.50 bits per heavy atom. The number of rotatable bonds is 7. The number of hydrogen-bond donors (Lipinski definition) is 1. The van der Waals surface area contributed by atoms with Crippen molar-refractivity contribution in [3.8, 4) is 0 Å². The van der Waals surface area contributed by atoms with Crippen LogP contribution in [0.5, 0.6) is 0 Å². The lowest BCUT2D eigenvalue weighted by Gasteiger charge is -2.18. The largest absolute Gasteiger partial charge is 0.383 e. The number of nitrogens with one attached hydrogen (secondary N) is 1. The van der Waals surface area contributed by atoms with Gasteiger partial charge in [0, 0.05) is 19.7 Å². The first-order valence-corrected chi connectivity index (χ1v) is 7.01. The van der Waals surface area contributed by atoms with Gasteiger partial charge in [0.15, 0.2) is 0 Å². The van der Waals surface area contributed by atoms with E-state index in [1.807, 2.05) is 0 Å². The maximum absolute atomic E-state index is 11.5. The average molecular weight is 250 g/mol. The normalized spacial score (nSPS) is 16.4. The van der Waals surface area contributed by atoms with Crippen molar-refractivity contribution < 1.29 is 17.9 Å². The van der Waals surface area contributed by atoms with Crippen LogP contribution in [-0.2, 0) is 19.6 Å². The summed E-state index contributed by atoms with van der Waals surface area (Å²) in [6.45, 7) is 0.357. The van der Waals surface area contributed by atoms with E-state index in [4.69, 9.17) is 4.74 Å². The van der Waals surface area contributed by atoms with Crippen molar-refractivity contribution in [2.75, 3.05) is 33.1 Å². The molecule has 16 heavy (non-hydrogen) atoms. The van der Waals surface area contributed by atoms with Gasteiger partial charge in [-0.25, -0.2) is 8.42 Å². The van der Waals surface area contributed by atoms with Crippen LogP contribution in [0.3, 0.4) is 0 Å².